The smallest absolute Gasteiger partial charge is 1.00 e. The van der Waals surface area contributed by atoms with E-state index in [-0.39, 0.29) is 46.4 Å². The quantitative estimate of drug-likeness (QED) is 0.159. The molecule has 0 N–H and O–H groups in total. The van der Waals surface area contributed by atoms with Crippen molar-refractivity contribution in [2.75, 3.05) is 20.0 Å². The van der Waals surface area contributed by atoms with Crippen LogP contribution >= 0.6 is 7.92 Å². The van der Waals surface area contributed by atoms with Gasteiger partial charge >= 0.3 is 22.4 Å². The molecular weight excluding hydrogens is 551 g/mol. The van der Waals surface area contributed by atoms with Gasteiger partial charge in [0.2, 0.25) is 6.33 Å². The van der Waals surface area contributed by atoms with Crippen LogP contribution in [0.3, 0.4) is 0 Å². The molecule has 1 heterocycles. The summed E-state index contributed by atoms with van der Waals surface area (Å²) in [7, 11) is 0.380. The Morgan fingerprint density at radius 3 is 2.16 bits per heavy atom. The number of aromatic nitrogens is 2. The molecule has 0 spiro atoms. The molecule has 0 aliphatic carbocycles. The van der Waals surface area contributed by atoms with E-state index in [1.807, 2.05) is 0 Å². The molecule has 0 radical (unpaired) electrons. The molecule has 5 heteroatoms. The molecule has 1 aromatic carbocycles. The zero-order valence-corrected chi connectivity index (χ0v) is 17.5. The minimum Gasteiger partial charge on any atom is -1.00 e. The Hall–Kier alpha value is 0.590. The fourth-order valence-corrected chi connectivity index (χ4v) is 1.66. The van der Waals surface area contributed by atoms with E-state index in [4.69, 9.17) is 0 Å². The van der Waals surface area contributed by atoms with E-state index >= 15 is 0 Å². The number of nitrogens with zero attached hydrogens (tertiary/aromatic N) is 2. The number of hydrogen-bond acceptors (Lipinski definition) is 0. The number of fused-ring (bicyclic) bond motifs is 1. The van der Waals surface area contributed by atoms with Gasteiger partial charge in [0.1, 0.15) is 0 Å². The molecule has 1 aromatic heterocycles. The van der Waals surface area contributed by atoms with Crippen LogP contribution in [-0.4, -0.2) is 24.6 Å². The van der Waals surface area contributed by atoms with Gasteiger partial charge in [-0.2, -0.15) is 0 Å². The number of imidazole rings is 1. The maximum Gasteiger partial charge on any atom is 1.00 e. The number of rotatable bonds is 2. The van der Waals surface area contributed by atoms with Gasteiger partial charge < -0.3 is 33.1 Å². The van der Waals surface area contributed by atoms with Crippen LogP contribution in [0.4, 0.5) is 0 Å². The Morgan fingerprint density at radius 2 is 1.68 bits per heavy atom. The number of para-hydroxylation sites is 2. The van der Waals surface area contributed by atoms with Gasteiger partial charge in [-0.3, -0.25) is 0 Å². The van der Waals surface area contributed by atoms with Crippen molar-refractivity contribution in [3.63, 3.8) is 0 Å². The molecule has 2 aromatic rings. The van der Waals surface area contributed by atoms with Crippen molar-refractivity contribution in [2.24, 2.45) is 0 Å². The predicted octanol–water partition coefficient (Wildman–Crippen LogP) is 0.128. The Bertz CT molecular complexity index is 431. The van der Waals surface area contributed by atoms with Gasteiger partial charge in [0.05, 0.1) is 13.1 Å². The van der Waals surface area contributed by atoms with Gasteiger partial charge in [0, 0.05) is 11.0 Å². The first-order valence-electron chi connectivity index (χ1n) is 6.11. The van der Waals surface area contributed by atoms with Gasteiger partial charge in [-0.15, -0.1) is 7.92 Å². The summed E-state index contributed by atoms with van der Waals surface area (Å²) in [5, 5.41) is 0. The molecule has 0 aliphatic heterocycles. The van der Waals surface area contributed by atoms with E-state index in [9.17, 15) is 0 Å². The standard InChI is InChI=1S/C11H14N2.C3H9P.Au.HI/c1-3-12-9-13(4-2)11-8-6-5-7-10(11)12;1-4(2)3;;/h5-8H,3-4H2,1-2H3;1-3H3;;1H/q;;+1;/p-1. The molecule has 0 bridgehead atoms. The fourth-order valence-electron chi connectivity index (χ4n) is 1.66. The van der Waals surface area contributed by atoms with Crippen molar-refractivity contribution >= 4 is 19.0 Å². The van der Waals surface area contributed by atoms with E-state index in [0.717, 1.165) is 13.1 Å². The van der Waals surface area contributed by atoms with Crippen molar-refractivity contribution < 1.29 is 50.9 Å². The summed E-state index contributed by atoms with van der Waals surface area (Å²) < 4.78 is 4.30. The normalized spacial score (nSPS) is 9.37. The summed E-state index contributed by atoms with van der Waals surface area (Å²) in [6, 6.07) is 8.42. The Morgan fingerprint density at radius 1 is 1.16 bits per heavy atom. The van der Waals surface area contributed by atoms with Gasteiger partial charge in [0.15, 0.2) is 0 Å². The van der Waals surface area contributed by atoms with Crippen LogP contribution in [0.2, 0.25) is 0 Å². The largest absolute Gasteiger partial charge is 1.00 e. The predicted molar refractivity (Wildman–Crippen MR) is 77.0 cm³/mol. The van der Waals surface area contributed by atoms with Gasteiger partial charge in [0.25, 0.3) is 0 Å². The van der Waals surface area contributed by atoms with Crippen molar-refractivity contribution in [1.29, 1.82) is 0 Å². The summed E-state index contributed by atoms with van der Waals surface area (Å²) in [6.07, 6.45) is 3.32. The number of halogens is 1. The van der Waals surface area contributed by atoms with Gasteiger partial charge in [-0.1, -0.05) is 24.3 Å². The molecule has 19 heavy (non-hydrogen) atoms. The third kappa shape index (κ3) is 6.72. The molecule has 0 saturated carbocycles. The van der Waals surface area contributed by atoms with Crippen LogP contribution in [-0.2, 0) is 35.5 Å². The Kier molecular flexibility index (Phi) is 13.0. The average molecular weight is 574 g/mol. The third-order valence-corrected chi connectivity index (χ3v) is 2.34. The Labute approximate surface area is 151 Å². The summed E-state index contributed by atoms with van der Waals surface area (Å²) in [4.78, 5) is 0. The molecule has 0 fully saturated rings. The first-order chi connectivity index (χ1) is 8.10. The topological polar surface area (TPSA) is 8.81 Å². The third-order valence-electron chi connectivity index (χ3n) is 2.34. The minimum absolute atomic E-state index is 0. The van der Waals surface area contributed by atoms with Crippen molar-refractivity contribution in [3.8, 4) is 0 Å². The first kappa shape index (κ1) is 21.9. The van der Waals surface area contributed by atoms with Gasteiger partial charge in [-0.05, 0) is 33.8 Å². The van der Waals surface area contributed by atoms with E-state index in [1.165, 1.54) is 11.0 Å². The molecule has 0 amide bonds. The van der Waals surface area contributed by atoms with E-state index in [1.54, 1.807) is 0 Å². The van der Waals surface area contributed by atoms with Crippen molar-refractivity contribution in [3.05, 3.63) is 30.6 Å². The minimum atomic E-state index is 0. The second-order valence-corrected chi connectivity index (χ2v) is 7.10. The SMILES string of the molecule is CCn1[c-][n+](CC)c2ccccc21.CP(C)C.[Au+].[I-]. The molecule has 112 valence electrons. The maximum atomic E-state index is 3.32. The number of benzene rings is 1. The van der Waals surface area contributed by atoms with Crippen molar-refractivity contribution in [2.45, 2.75) is 26.9 Å². The molecule has 0 unspecified atom stereocenters. The van der Waals surface area contributed by atoms with E-state index in [0.29, 0.717) is 7.92 Å². The zero-order chi connectivity index (χ0) is 12.8. The molecule has 2 nitrogen and oxygen atoms in total. The molecule has 0 aliphatic rings. The fraction of sp³-hybridized carbons (Fsp3) is 0.500. The van der Waals surface area contributed by atoms with Crippen LogP contribution in [0, 0.1) is 6.33 Å². The maximum absolute atomic E-state index is 3.32. The summed E-state index contributed by atoms with van der Waals surface area (Å²) in [5.74, 6) is 0. The molecule has 2 rings (SSSR count). The van der Waals surface area contributed by atoms with Crippen molar-refractivity contribution in [1.82, 2.24) is 4.57 Å². The van der Waals surface area contributed by atoms with E-state index < -0.39 is 0 Å². The second kappa shape index (κ2) is 11.3. The number of aryl methyl sites for hydroxylation is 2. The van der Waals surface area contributed by atoms with Crippen LogP contribution in [0.1, 0.15) is 13.8 Å². The summed E-state index contributed by atoms with van der Waals surface area (Å²) >= 11 is 0. The summed E-state index contributed by atoms with van der Waals surface area (Å²) in [5.41, 5.74) is 2.54. The van der Waals surface area contributed by atoms with Crippen LogP contribution in [0.25, 0.3) is 11.0 Å². The first-order valence-corrected chi connectivity index (χ1v) is 8.79. The Balaban J connectivity index is 0. The molecular formula is C14H23AuIN2P. The van der Waals surface area contributed by atoms with E-state index in [2.05, 4.69) is 73.6 Å². The monoisotopic (exact) mass is 574 g/mol. The van der Waals surface area contributed by atoms with Crippen LogP contribution in [0.5, 0.6) is 0 Å². The van der Waals surface area contributed by atoms with Gasteiger partial charge in [-0.25, -0.2) is 0 Å². The average Bonchev–Trinajstić information content (AvgIpc) is 2.66. The molecule has 0 saturated heterocycles. The van der Waals surface area contributed by atoms with Crippen LogP contribution in [0.15, 0.2) is 24.3 Å². The molecule has 0 atom stereocenters. The second-order valence-electron chi connectivity index (χ2n) is 4.42. The zero-order valence-electron chi connectivity index (χ0n) is 12.2. The van der Waals surface area contributed by atoms with Crippen LogP contribution < -0.4 is 28.5 Å². The summed E-state index contributed by atoms with van der Waals surface area (Å²) in [6.45, 7) is 12.9. The number of hydrogen-bond donors (Lipinski definition) is 0.